The minimum absolute atomic E-state index is 0.0982. The normalized spacial score (nSPS) is 10.8. The Bertz CT molecular complexity index is 497. The molecule has 2 heterocycles. The Morgan fingerprint density at radius 3 is 3.15 bits per heavy atom. The van der Waals surface area contributed by atoms with Gasteiger partial charge in [-0.25, -0.2) is 4.98 Å². The molecule has 2 aromatic heterocycles. The number of nitrogens with zero attached hydrogens (tertiary/aromatic N) is 3. The summed E-state index contributed by atoms with van der Waals surface area (Å²) in [6, 6.07) is 0. The highest BCUT2D eigenvalue weighted by Gasteiger charge is 2.07. The zero-order valence-electron chi connectivity index (χ0n) is 6.98. The molecule has 0 unspecified atom stereocenters. The van der Waals surface area contributed by atoms with Crippen LogP contribution in [0, 0.1) is 6.54 Å². The van der Waals surface area contributed by atoms with E-state index in [1.165, 1.54) is 6.33 Å². The summed E-state index contributed by atoms with van der Waals surface area (Å²) in [5.41, 5.74) is 5.84. The van der Waals surface area contributed by atoms with E-state index in [1.807, 2.05) is 6.92 Å². The van der Waals surface area contributed by atoms with E-state index in [9.17, 15) is 4.79 Å². The first-order valence-electron chi connectivity index (χ1n) is 3.74. The molecule has 0 bridgehead atoms. The molecule has 0 fully saturated rings. The van der Waals surface area contributed by atoms with Crippen LogP contribution in [0.3, 0.4) is 0 Å². The molecule has 0 spiro atoms. The number of aromatic amines is 1. The van der Waals surface area contributed by atoms with Gasteiger partial charge in [0, 0.05) is 0 Å². The van der Waals surface area contributed by atoms with Crippen LogP contribution in [-0.2, 0) is 0 Å². The molecule has 2 aromatic rings. The van der Waals surface area contributed by atoms with Crippen molar-refractivity contribution < 1.29 is 0 Å². The first-order valence-corrected chi connectivity index (χ1v) is 3.74. The maximum atomic E-state index is 11.3. The lowest BCUT2D eigenvalue weighted by Gasteiger charge is -1.96. The van der Waals surface area contributed by atoms with E-state index < -0.39 is 0 Å². The molecule has 2 rings (SSSR count). The summed E-state index contributed by atoms with van der Waals surface area (Å²) in [6.45, 7) is 3.57. The second-order valence-electron chi connectivity index (χ2n) is 2.53. The van der Waals surface area contributed by atoms with E-state index >= 15 is 0 Å². The first kappa shape index (κ1) is 7.78. The van der Waals surface area contributed by atoms with Crippen molar-refractivity contribution >= 4 is 17.1 Å². The van der Waals surface area contributed by atoms with Crippen molar-refractivity contribution in [1.82, 2.24) is 19.5 Å². The van der Waals surface area contributed by atoms with Crippen molar-refractivity contribution in [1.29, 1.82) is 0 Å². The van der Waals surface area contributed by atoms with Crippen molar-refractivity contribution in [3.8, 4) is 0 Å². The Kier molecular flexibility index (Phi) is 1.54. The number of hydrogen-bond acceptors (Lipinski definition) is 4. The lowest BCUT2D eigenvalue weighted by atomic mass is 10.5. The van der Waals surface area contributed by atoms with E-state index in [4.69, 9.17) is 5.73 Å². The topological polar surface area (TPSA) is 89.6 Å². The number of H-pyrrole nitrogens is 1. The third kappa shape index (κ3) is 1.07. The Balaban J connectivity index is 2.90. The van der Waals surface area contributed by atoms with Crippen molar-refractivity contribution in [2.75, 3.05) is 5.73 Å². The Morgan fingerprint density at radius 1 is 1.69 bits per heavy atom. The van der Waals surface area contributed by atoms with Gasteiger partial charge in [0.15, 0.2) is 11.2 Å². The van der Waals surface area contributed by atoms with E-state index in [0.717, 1.165) is 0 Å². The van der Waals surface area contributed by atoms with Crippen LogP contribution in [0.2, 0.25) is 0 Å². The summed E-state index contributed by atoms with van der Waals surface area (Å²) in [6.07, 6.45) is 1.52. The van der Waals surface area contributed by atoms with Crippen LogP contribution in [0.15, 0.2) is 11.1 Å². The molecule has 0 aliphatic carbocycles. The molecule has 0 amide bonds. The fourth-order valence-corrected chi connectivity index (χ4v) is 1.13. The molecule has 67 valence electrons. The molecule has 6 heteroatoms. The second-order valence-corrected chi connectivity index (χ2v) is 2.53. The monoisotopic (exact) mass is 178 g/mol. The standard InChI is InChI=1S/C7H8N5O/c1-2-12-3-9-4-5(12)10-7(8)11-6(4)13/h2-3H,1H3,(H3,8,10,11,13). The largest absolute Gasteiger partial charge is 0.369 e. The minimum atomic E-state index is -0.317. The van der Waals surface area contributed by atoms with E-state index in [1.54, 1.807) is 11.1 Å². The molecule has 0 saturated carbocycles. The van der Waals surface area contributed by atoms with Gasteiger partial charge in [-0.15, -0.1) is 0 Å². The van der Waals surface area contributed by atoms with E-state index in [0.29, 0.717) is 11.2 Å². The predicted molar refractivity (Wildman–Crippen MR) is 47.9 cm³/mol. The third-order valence-electron chi connectivity index (χ3n) is 1.73. The molecule has 13 heavy (non-hydrogen) atoms. The quantitative estimate of drug-likeness (QED) is 0.629. The fourth-order valence-electron chi connectivity index (χ4n) is 1.13. The van der Waals surface area contributed by atoms with Gasteiger partial charge in [0.2, 0.25) is 5.95 Å². The average Bonchev–Trinajstić information content (AvgIpc) is 2.47. The van der Waals surface area contributed by atoms with Crippen LogP contribution in [0.4, 0.5) is 5.95 Å². The van der Waals surface area contributed by atoms with Gasteiger partial charge >= 0.3 is 0 Å². The van der Waals surface area contributed by atoms with Crippen LogP contribution in [-0.4, -0.2) is 19.5 Å². The highest BCUT2D eigenvalue weighted by molar-refractivity contribution is 5.70. The average molecular weight is 178 g/mol. The molecule has 3 N–H and O–H groups in total. The number of nitrogens with one attached hydrogen (secondary N) is 1. The molecule has 1 radical (unpaired) electrons. The van der Waals surface area contributed by atoms with Gasteiger partial charge in [0.05, 0.1) is 12.9 Å². The zero-order valence-corrected chi connectivity index (χ0v) is 6.98. The highest BCUT2D eigenvalue weighted by Crippen LogP contribution is 2.05. The summed E-state index contributed by atoms with van der Waals surface area (Å²) < 4.78 is 1.64. The summed E-state index contributed by atoms with van der Waals surface area (Å²) >= 11 is 0. The molecule has 0 saturated heterocycles. The number of anilines is 1. The highest BCUT2D eigenvalue weighted by atomic mass is 16.1. The van der Waals surface area contributed by atoms with Crippen LogP contribution >= 0.6 is 0 Å². The van der Waals surface area contributed by atoms with Crippen molar-refractivity contribution in [2.24, 2.45) is 0 Å². The van der Waals surface area contributed by atoms with Gasteiger partial charge in [-0.2, -0.15) is 4.98 Å². The minimum Gasteiger partial charge on any atom is -0.369 e. The Labute approximate surface area is 73.4 Å². The molecule has 0 aliphatic rings. The number of nitrogens with two attached hydrogens (primary N) is 1. The summed E-state index contributed by atoms with van der Waals surface area (Å²) in [4.78, 5) is 21.5. The number of fused-ring (bicyclic) bond motifs is 1. The van der Waals surface area contributed by atoms with E-state index in [2.05, 4.69) is 15.0 Å². The lowest BCUT2D eigenvalue weighted by molar-refractivity contribution is 0.968. The Hall–Kier alpha value is -1.85. The van der Waals surface area contributed by atoms with Gasteiger partial charge in [-0.1, -0.05) is 0 Å². The number of rotatable bonds is 1. The second kappa shape index (κ2) is 2.58. The van der Waals surface area contributed by atoms with Gasteiger partial charge in [-0.05, 0) is 6.92 Å². The molecular formula is C7H8N5O. The SMILES string of the molecule is C[CH]n1cnc2c(=O)[nH]c(N)nc21. The van der Waals surface area contributed by atoms with Gasteiger partial charge in [-0.3, -0.25) is 9.78 Å². The lowest BCUT2D eigenvalue weighted by Crippen LogP contribution is -2.11. The van der Waals surface area contributed by atoms with Crippen LogP contribution in [0.5, 0.6) is 0 Å². The summed E-state index contributed by atoms with van der Waals surface area (Å²) in [7, 11) is 0. The van der Waals surface area contributed by atoms with Crippen molar-refractivity contribution in [3.05, 3.63) is 23.2 Å². The van der Waals surface area contributed by atoms with Crippen LogP contribution in [0.25, 0.3) is 11.2 Å². The fraction of sp³-hybridized carbons (Fsp3) is 0.143. The summed E-state index contributed by atoms with van der Waals surface area (Å²) in [5, 5.41) is 0. The molecule has 0 aliphatic heterocycles. The van der Waals surface area contributed by atoms with Gasteiger partial charge in [0.25, 0.3) is 5.56 Å². The Morgan fingerprint density at radius 2 is 2.46 bits per heavy atom. The first-order chi connectivity index (χ1) is 6.22. The summed E-state index contributed by atoms with van der Waals surface area (Å²) in [5.74, 6) is 0.0982. The zero-order chi connectivity index (χ0) is 9.42. The van der Waals surface area contributed by atoms with Crippen LogP contribution in [0.1, 0.15) is 6.92 Å². The van der Waals surface area contributed by atoms with E-state index in [-0.39, 0.29) is 11.5 Å². The number of imidazole rings is 1. The molecule has 0 atom stereocenters. The van der Waals surface area contributed by atoms with Crippen molar-refractivity contribution in [3.63, 3.8) is 0 Å². The van der Waals surface area contributed by atoms with Gasteiger partial charge < -0.3 is 10.3 Å². The maximum Gasteiger partial charge on any atom is 0.280 e. The number of hydrogen-bond donors (Lipinski definition) is 2. The number of aromatic nitrogens is 4. The van der Waals surface area contributed by atoms with Gasteiger partial charge in [0.1, 0.15) is 0 Å². The molecule has 0 aromatic carbocycles. The smallest absolute Gasteiger partial charge is 0.280 e. The third-order valence-corrected chi connectivity index (χ3v) is 1.73. The predicted octanol–water partition coefficient (Wildman–Crippen LogP) is -0.268. The maximum absolute atomic E-state index is 11.3. The van der Waals surface area contributed by atoms with Crippen molar-refractivity contribution in [2.45, 2.75) is 6.92 Å². The number of nitrogen functional groups attached to an aromatic ring is 1. The molecule has 6 nitrogen and oxygen atoms in total. The van der Waals surface area contributed by atoms with Crippen LogP contribution < -0.4 is 11.3 Å². The molecular weight excluding hydrogens is 170 g/mol.